The Morgan fingerprint density at radius 1 is 0.592 bits per heavy atom. The monoisotopic (exact) mass is 1070 g/mol. The van der Waals surface area contributed by atoms with Crippen LogP contribution in [-0.2, 0) is 22.7 Å². The van der Waals surface area contributed by atoms with Crippen LogP contribution in [0, 0.1) is 10.1 Å². The van der Waals surface area contributed by atoms with Crippen molar-refractivity contribution in [1.82, 2.24) is 0 Å². The molecule has 396 valence electrons. The minimum atomic E-state index is -0.882. The topological polar surface area (TPSA) is 180 Å². The number of nitro benzene ring substituents is 1. The Balaban J connectivity index is 0.000000216. The Labute approximate surface area is 450 Å². The highest BCUT2D eigenvalue weighted by Crippen LogP contribution is 2.43. The molecule has 2 aliphatic heterocycles. The largest absolute Gasteiger partial charge is 0.514 e. The number of nitrogens with one attached hydrogen (secondary N) is 1. The van der Waals surface area contributed by atoms with E-state index in [1.807, 2.05) is 137 Å². The van der Waals surface area contributed by atoms with E-state index in [0.717, 1.165) is 73.2 Å². The van der Waals surface area contributed by atoms with E-state index >= 15 is 0 Å². The molecule has 0 aromatic heterocycles. The van der Waals surface area contributed by atoms with Gasteiger partial charge in [0.25, 0.3) is 5.69 Å². The smallest absolute Gasteiger partial charge is 0.494 e. The zero-order chi connectivity index (χ0) is 52.7. The average Bonchev–Trinajstić information content (AvgIpc) is 3.39. The van der Waals surface area contributed by atoms with Crippen molar-refractivity contribution in [3.63, 3.8) is 0 Å². The second-order valence-corrected chi connectivity index (χ2v) is 18.0. The number of rotatable bonds is 13. The minimum Gasteiger partial charge on any atom is -0.494 e. The van der Waals surface area contributed by atoms with Crippen molar-refractivity contribution in [3.05, 3.63) is 202 Å². The van der Waals surface area contributed by atoms with Gasteiger partial charge in [0.15, 0.2) is 0 Å². The van der Waals surface area contributed by atoms with Crippen LogP contribution in [0.15, 0.2) is 170 Å². The number of benzene rings is 7. The van der Waals surface area contributed by atoms with Crippen LogP contribution in [0.1, 0.15) is 63.8 Å². The molecule has 1 amide bonds. The van der Waals surface area contributed by atoms with Gasteiger partial charge in [0.1, 0.15) is 53.2 Å². The van der Waals surface area contributed by atoms with Gasteiger partial charge in [0, 0.05) is 45.8 Å². The minimum absolute atomic E-state index is 0. The summed E-state index contributed by atoms with van der Waals surface area (Å²) in [6.45, 7) is 13.4. The van der Waals surface area contributed by atoms with Crippen LogP contribution in [0.3, 0.4) is 0 Å². The molecule has 0 saturated carbocycles. The van der Waals surface area contributed by atoms with Crippen LogP contribution >= 0.6 is 19.8 Å². The summed E-state index contributed by atoms with van der Waals surface area (Å²) in [6.07, 6.45) is 6.79. The van der Waals surface area contributed by atoms with E-state index in [2.05, 4.69) is 43.4 Å². The normalized spacial score (nSPS) is 12.7. The Hall–Kier alpha value is -8.18. The van der Waals surface area contributed by atoms with Crippen LogP contribution in [-0.4, -0.2) is 41.6 Å². The number of nitrogens with two attached hydrogens (primary N) is 1. The van der Waals surface area contributed by atoms with Crippen molar-refractivity contribution in [2.75, 3.05) is 24.3 Å². The number of nitro groups is 1. The number of anilines is 2. The molecule has 7 aromatic rings. The third-order valence-electron chi connectivity index (χ3n) is 11.2. The summed E-state index contributed by atoms with van der Waals surface area (Å²) in [7, 11) is 0. The van der Waals surface area contributed by atoms with E-state index in [9.17, 15) is 19.7 Å². The molecule has 0 fully saturated rings. The van der Waals surface area contributed by atoms with Gasteiger partial charge in [-0.15, -0.1) is 0 Å². The Morgan fingerprint density at radius 3 is 1.51 bits per heavy atom. The van der Waals surface area contributed by atoms with E-state index in [1.165, 1.54) is 24.3 Å². The van der Waals surface area contributed by atoms with Gasteiger partial charge in [0.2, 0.25) is 0 Å². The predicted molar refractivity (Wildman–Crippen MR) is 311 cm³/mol. The Morgan fingerprint density at radius 2 is 1.04 bits per heavy atom. The average molecular weight is 1070 g/mol. The van der Waals surface area contributed by atoms with Crippen molar-refractivity contribution in [2.24, 2.45) is 0 Å². The quantitative estimate of drug-likeness (QED) is 0.0279. The number of non-ortho nitro benzene ring substituents is 1. The van der Waals surface area contributed by atoms with Gasteiger partial charge < -0.3 is 38.9 Å². The molecule has 0 aliphatic carbocycles. The van der Waals surface area contributed by atoms with Crippen molar-refractivity contribution in [1.29, 1.82) is 0 Å². The molecule has 2 aliphatic rings. The molecular formula is C60H65N3O11P2. The van der Waals surface area contributed by atoms with Gasteiger partial charge in [0.05, 0.1) is 18.1 Å². The molecule has 16 heteroatoms. The third kappa shape index (κ3) is 16.9. The summed E-state index contributed by atoms with van der Waals surface area (Å²) in [5.41, 5.74) is 14.4. The molecule has 14 nitrogen and oxygen atoms in total. The fraction of sp³-hybridized carbons (Fsp3) is 0.200. The maximum absolute atomic E-state index is 12.5. The van der Waals surface area contributed by atoms with Crippen molar-refractivity contribution in [3.8, 4) is 51.0 Å². The Bertz CT molecular complexity index is 3100. The number of fused-ring (bicyclic) bond motifs is 2. The van der Waals surface area contributed by atoms with Crippen LogP contribution in [0.25, 0.3) is 34.4 Å². The summed E-state index contributed by atoms with van der Waals surface area (Å²) in [5.74, 6) is 3.42. The lowest BCUT2D eigenvalue weighted by atomic mass is 9.95. The standard InChI is InChI=1S/C27H27NO4.C17H17NO.C16H15NO6.2H3P/c1-4-30-23-12-10-19(11-13-23)18-31-26(29)28-22-16-21-14-15-27(2,3)32-25(21)24(17-22)20-8-6-5-7-9-20;1-17(2)9-8-13-10-14(18)11-15(16(13)19-17)12-6-4-3-5-7-12;1-2-21-14-7-3-12(4-8-14)11-22-16(18)23-15-9-5-13(6-10-15)17(19)20;;/h5-17H,4,18H2,1-3H3,(H,28,29);3-11H,18H2,1-2H3;3-10H,2,11H2,1H3;2*1H3. The first-order valence-electron chi connectivity index (χ1n) is 24.0. The predicted octanol–water partition coefficient (Wildman–Crippen LogP) is 14.6. The molecule has 2 unspecified atom stereocenters. The number of nitrogen functional groups attached to an aromatic ring is 1. The van der Waals surface area contributed by atoms with Gasteiger partial charge in [-0.3, -0.25) is 15.4 Å². The summed E-state index contributed by atoms with van der Waals surface area (Å²) in [6, 6.07) is 47.7. The number of hydrogen-bond donors (Lipinski definition) is 2. The first-order chi connectivity index (χ1) is 35.6. The van der Waals surface area contributed by atoms with Gasteiger partial charge in [-0.25, -0.2) is 9.59 Å². The molecular weight excluding hydrogens is 1000 g/mol. The number of ether oxygens (including phenoxy) is 7. The van der Waals surface area contributed by atoms with Crippen LogP contribution in [0.2, 0.25) is 0 Å². The fourth-order valence-corrected chi connectivity index (χ4v) is 7.62. The molecule has 0 bridgehead atoms. The van der Waals surface area contributed by atoms with E-state index in [1.54, 1.807) is 24.3 Å². The molecule has 0 saturated heterocycles. The van der Waals surface area contributed by atoms with Gasteiger partial charge in [-0.05, 0) is 137 Å². The number of carbonyl (C=O) groups is 2. The zero-order valence-corrected chi connectivity index (χ0v) is 46.4. The third-order valence-corrected chi connectivity index (χ3v) is 11.2. The fourth-order valence-electron chi connectivity index (χ4n) is 7.62. The molecule has 0 radical (unpaired) electrons. The maximum atomic E-state index is 12.5. The van der Waals surface area contributed by atoms with Crippen LogP contribution < -0.4 is 34.7 Å². The first kappa shape index (κ1) is 58.7. The molecule has 2 heterocycles. The van der Waals surface area contributed by atoms with E-state index in [0.29, 0.717) is 18.9 Å². The lowest BCUT2D eigenvalue weighted by Crippen LogP contribution is -2.28. The summed E-state index contributed by atoms with van der Waals surface area (Å²) >= 11 is 0. The lowest BCUT2D eigenvalue weighted by Gasteiger charge is -2.30. The van der Waals surface area contributed by atoms with Gasteiger partial charge in [-0.2, -0.15) is 19.8 Å². The highest BCUT2D eigenvalue weighted by atomic mass is 31.0. The molecule has 9 rings (SSSR count). The SMILES string of the molecule is CC1(C)C=Cc2cc(N)cc(-c3ccccc3)c2O1.CCOc1ccc(COC(=O)Nc2cc3c(c(-c4ccccc4)c2)OC(C)(C)C=C3)cc1.CCOc1ccc(COC(=O)Oc2ccc([N+](=O)[O-])cc2)cc1.P.P. The summed E-state index contributed by atoms with van der Waals surface area (Å²) in [4.78, 5) is 34.0. The lowest BCUT2D eigenvalue weighted by molar-refractivity contribution is -0.384. The highest BCUT2D eigenvalue weighted by Gasteiger charge is 2.27. The van der Waals surface area contributed by atoms with Gasteiger partial charge >= 0.3 is 12.2 Å². The van der Waals surface area contributed by atoms with Gasteiger partial charge in [-0.1, -0.05) is 97.1 Å². The number of hydrogen-bond acceptors (Lipinski definition) is 12. The second-order valence-electron chi connectivity index (χ2n) is 18.0. The number of carbonyl (C=O) groups excluding carboxylic acids is 2. The Kier molecular flexibility index (Phi) is 21.2. The van der Waals surface area contributed by atoms with Crippen molar-refractivity contribution >= 4 is 61.3 Å². The highest BCUT2D eigenvalue weighted by molar-refractivity contribution is 6.92. The molecule has 3 N–H and O–H groups in total. The molecule has 0 spiro atoms. The number of nitrogens with zero attached hydrogens (tertiary/aromatic N) is 1. The van der Waals surface area contributed by atoms with E-state index < -0.39 is 22.8 Å². The number of amides is 1. The van der Waals surface area contributed by atoms with E-state index in [-0.39, 0.29) is 50.0 Å². The van der Waals surface area contributed by atoms with Crippen LogP contribution in [0.4, 0.5) is 26.7 Å². The maximum Gasteiger partial charge on any atom is 0.514 e. The van der Waals surface area contributed by atoms with Crippen molar-refractivity contribution < 1.29 is 47.7 Å². The summed E-state index contributed by atoms with van der Waals surface area (Å²) in [5, 5.41) is 13.4. The zero-order valence-electron chi connectivity index (χ0n) is 43.6. The van der Waals surface area contributed by atoms with Crippen LogP contribution in [0.5, 0.6) is 28.7 Å². The molecule has 2 atom stereocenters. The molecule has 76 heavy (non-hydrogen) atoms. The van der Waals surface area contributed by atoms with E-state index in [4.69, 9.17) is 38.9 Å². The first-order valence-corrected chi connectivity index (χ1v) is 24.0. The molecule has 7 aromatic carbocycles. The van der Waals surface area contributed by atoms with Crippen molar-refractivity contribution in [2.45, 2.75) is 66.0 Å². The second kappa shape index (κ2) is 27.4. The summed E-state index contributed by atoms with van der Waals surface area (Å²) < 4.78 is 38.4.